The van der Waals surface area contributed by atoms with Gasteiger partial charge >= 0.3 is 0 Å². The Hall–Kier alpha value is -10.3. The summed E-state index contributed by atoms with van der Waals surface area (Å²) in [6.07, 6.45) is 5.99. The summed E-state index contributed by atoms with van der Waals surface area (Å²) in [6, 6.07) is 27.9. The quantitative estimate of drug-likeness (QED) is 0.0444. The lowest BCUT2D eigenvalue weighted by Crippen LogP contribution is -2.29. The normalized spacial score (nSPS) is 12.6. The first-order valence-electron chi connectivity index (χ1n) is 25.5. The van der Waals surface area contributed by atoms with Crippen LogP contribution in [-0.2, 0) is 57.9 Å². The van der Waals surface area contributed by atoms with Crippen LogP contribution in [-0.4, -0.2) is 71.7 Å². The number of nitrogen functional groups attached to an aromatic ring is 1. The minimum absolute atomic E-state index is 0. The van der Waals surface area contributed by atoms with Crippen LogP contribution in [0, 0.1) is 19.7 Å². The van der Waals surface area contributed by atoms with Gasteiger partial charge in [-0.2, -0.15) is 0 Å². The van der Waals surface area contributed by atoms with Gasteiger partial charge in [-0.1, -0.05) is 33.1 Å². The van der Waals surface area contributed by atoms with E-state index in [1.54, 1.807) is 60.7 Å². The van der Waals surface area contributed by atoms with Gasteiger partial charge in [0, 0.05) is 129 Å². The number of sulfonamides is 2. The molecule has 2 amide bonds. The number of aromatic nitrogens is 3. The maximum Gasteiger partial charge on any atom is 0.264 e. The number of benzene rings is 6. The van der Waals surface area contributed by atoms with E-state index in [0.29, 0.717) is 73.8 Å². The highest BCUT2D eigenvalue weighted by atomic mass is 35.7. The molecule has 9 aromatic rings. The van der Waals surface area contributed by atoms with Crippen LogP contribution >= 0.6 is 10.7 Å². The highest BCUT2D eigenvalue weighted by molar-refractivity contribution is 8.14. The SMILES string of the molecule is C.C.O=c1[nH]ccc2c(S(=O)(=O)Cl)cccc12.[C-]#[N+]c1cc(N)c2c(c1)N(S(=O)(=O)c1cccc3c(=O)[nH]ccc13)CC2.[C-]#[N+]c1cc(NC(C)=O)c2c(c1)N(S(=O)(=O)c1cccc3c(=O)[nH]ccc13)CC2.[C-]#[N+]c1cc2c(c(NC(C)=O)c1)CCN2. The molecule has 446 valence electrons. The van der Waals surface area contributed by atoms with Crippen molar-refractivity contribution < 1.29 is 34.8 Å². The van der Waals surface area contributed by atoms with Gasteiger partial charge in [0.2, 0.25) is 11.8 Å². The summed E-state index contributed by atoms with van der Waals surface area (Å²) in [4.78, 5) is 75.7. The predicted molar refractivity (Wildman–Crippen MR) is 340 cm³/mol. The van der Waals surface area contributed by atoms with E-state index in [4.69, 9.17) is 36.1 Å². The van der Waals surface area contributed by atoms with E-state index < -0.39 is 29.1 Å². The highest BCUT2D eigenvalue weighted by Crippen LogP contribution is 2.43. The van der Waals surface area contributed by atoms with Gasteiger partial charge in [-0.3, -0.25) is 32.6 Å². The lowest BCUT2D eigenvalue weighted by atomic mass is 10.1. The Kier molecular flexibility index (Phi) is 19.1. The Labute approximate surface area is 504 Å². The molecule has 6 heterocycles. The zero-order chi connectivity index (χ0) is 61.1. The van der Waals surface area contributed by atoms with Crippen molar-refractivity contribution >= 4 is 135 Å². The van der Waals surface area contributed by atoms with Gasteiger partial charge < -0.3 is 36.6 Å². The number of hydrogen-bond acceptors (Lipinski definition) is 13. The molecule has 6 aromatic carbocycles. The first-order valence-corrected chi connectivity index (χ1v) is 30.6. The molecule has 3 aliphatic heterocycles. The Morgan fingerprint density at radius 1 is 0.529 bits per heavy atom. The van der Waals surface area contributed by atoms with E-state index in [0.717, 1.165) is 35.5 Å². The van der Waals surface area contributed by atoms with E-state index >= 15 is 0 Å². The summed E-state index contributed by atoms with van der Waals surface area (Å²) < 4.78 is 78.6. The molecule has 0 unspecified atom stereocenters. The monoisotopic (exact) mass is 1250 g/mol. The predicted octanol–water partition coefficient (Wildman–Crippen LogP) is 10.1. The number of nitrogens with zero attached hydrogens (tertiary/aromatic N) is 5. The fourth-order valence-corrected chi connectivity index (χ4v) is 14.6. The molecule has 0 bridgehead atoms. The number of carbonyl (C=O) groups excluding carboxylic acids is 2. The van der Waals surface area contributed by atoms with Crippen molar-refractivity contribution in [3.63, 3.8) is 0 Å². The maximum atomic E-state index is 13.5. The zero-order valence-corrected chi connectivity index (χ0v) is 48.0. The molecule has 27 heteroatoms. The number of amides is 2. The number of H-pyrrole nitrogens is 3. The van der Waals surface area contributed by atoms with Crippen LogP contribution < -0.4 is 47.0 Å². The molecule has 0 saturated carbocycles. The summed E-state index contributed by atoms with van der Waals surface area (Å²) >= 11 is 0. The van der Waals surface area contributed by atoms with Crippen molar-refractivity contribution in [3.05, 3.63) is 210 Å². The van der Waals surface area contributed by atoms with Crippen LogP contribution in [0.4, 0.5) is 51.2 Å². The molecule has 0 saturated heterocycles. The molecule has 0 spiro atoms. The molecule has 0 aliphatic carbocycles. The van der Waals surface area contributed by atoms with Gasteiger partial charge in [-0.25, -0.2) is 39.8 Å². The first-order chi connectivity index (χ1) is 40.5. The van der Waals surface area contributed by atoms with Crippen molar-refractivity contribution in [2.75, 3.05) is 49.9 Å². The number of nitrogens with one attached hydrogen (secondary N) is 6. The Morgan fingerprint density at radius 2 is 0.920 bits per heavy atom. The maximum absolute atomic E-state index is 13.5. The number of pyridine rings is 3. The van der Waals surface area contributed by atoms with Gasteiger partial charge in [0.25, 0.3) is 45.8 Å². The van der Waals surface area contributed by atoms with E-state index in [-0.39, 0.29) is 87.9 Å². The molecule has 0 fully saturated rings. The standard InChI is InChI=1S/C20H16N4O4S.C18H14N4O3S.C11H11N3O.C9H6ClNO3S.2CH4/c1-12(25)23-17-10-13(21-2)11-18-16(17)7-9-24(18)29(27,28)19-5-3-4-15-14(19)6-8-22-20(15)26;1-20-11-9-15(19)14-6-8-22(16(14)10-11)26(24,25)17-4-2-3-13-12(17)5-7-21-18(13)23;1-7(15)14-11-6-8(12-2)5-10-9(11)3-4-13-10;10-15(13,14)8-3-1-2-7-6(8)4-5-11-9(7)12;;/h3-6,8,10-11H,7,9H2,1H3,(H,22,26)(H,23,25);2-5,7,9-10H,6,8,19H2,(H,21,23);5-6,13H,3-4H2,1H3,(H,14,15);1-5H,(H,11,12);2*1H4. The van der Waals surface area contributed by atoms with Gasteiger partial charge in [0.15, 0.2) is 17.1 Å². The average molecular weight is 1250 g/mol. The number of halogens is 1. The molecular formula is C60H55ClN12O11S3. The fraction of sp³-hybridized carbons (Fsp3) is 0.167. The second-order valence-electron chi connectivity index (χ2n) is 19.1. The lowest BCUT2D eigenvalue weighted by molar-refractivity contribution is -0.115. The molecule has 8 N–H and O–H groups in total. The summed E-state index contributed by atoms with van der Waals surface area (Å²) in [5, 5.41) is 10.5. The van der Waals surface area contributed by atoms with Crippen LogP contribution in [0.5, 0.6) is 0 Å². The third-order valence-electron chi connectivity index (χ3n) is 13.8. The first kappa shape index (κ1) is 64.3. The van der Waals surface area contributed by atoms with Crippen molar-refractivity contribution in [3.8, 4) is 0 Å². The van der Waals surface area contributed by atoms with E-state index in [2.05, 4.69) is 45.4 Å². The number of rotatable bonds is 7. The molecule has 12 rings (SSSR count). The summed E-state index contributed by atoms with van der Waals surface area (Å²) in [6.45, 7) is 25.6. The third kappa shape index (κ3) is 13.0. The Balaban J connectivity index is 0.000000171. The molecule has 3 aliphatic rings. The molecule has 0 radical (unpaired) electrons. The van der Waals surface area contributed by atoms with E-state index in [1.807, 2.05) is 6.07 Å². The molecular weight excluding hydrogens is 1200 g/mol. The number of nitrogens with two attached hydrogens (primary N) is 1. The van der Waals surface area contributed by atoms with E-state index in [9.17, 15) is 49.2 Å². The van der Waals surface area contributed by atoms with Gasteiger partial charge in [-0.05, 0) is 127 Å². The molecule has 23 nitrogen and oxygen atoms in total. The number of carbonyl (C=O) groups is 2. The largest absolute Gasteiger partial charge is 0.399 e. The molecule has 87 heavy (non-hydrogen) atoms. The van der Waals surface area contributed by atoms with Crippen molar-refractivity contribution in [2.45, 2.75) is 62.6 Å². The summed E-state index contributed by atoms with van der Waals surface area (Å²) in [5.41, 5.74) is 11.9. The van der Waals surface area contributed by atoms with Crippen LogP contribution in [0.2, 0.25) is 0 Å². The number of anilines is 6. The minimum Gasteiger partial charge on any atom is -0.399 e. The van der Waals surface area contributed by atoms with Crippen molar-refractivity contribution in [1.82, 2.24) is 15.0 Å². The summed E-state index contributed by atoms with van der Waals surface area (Å²) in [5.74, 6) is -0.407. The van der Waals surface area contributed by atoms with Crippen molar-refractivity contribution in [1.29, 1.82) is 0 Å². The second kappa shape index (κ2) is 25.9. The van der Waals surface area contributed by atoms with Gasteiger partial charge in [0.05, 0.1) is 34.4 Å². The van der Waals surface area contributed by atoms with Crippen LogP contribution in [0.25, 0.3) is 46.9 Å². The molecule has 0 atom stereocenters. The Morgan fingerprint density at radius 3 is 1.36 bits per heavy atom. The Bertz CT molecular complexity index is 4950. The van der Waals surface area contributed by atoms with Crippen molar-refractivity contribution in [2.24, 2.45) is 0 Å². The number of fused-ring (bicyclic) bond motifs is 6. The third-order valence-corrected chi connectivity index (χ3v) is 18.9. The second-order valence-corrected chi connectivity index (χ2v) is 25.3. The van der Waals surface area contributed by atoms with Crippen LogP contribution in [0.15, 0.2) is 157 Å². The van der Waals surface area contributed by atoms with Gasteiger partial charge in [0.1, 0.15) is 0 Å². The fourth-order valence-electron chi connectivity index (χ4n) is 10.1. The van der Waals surface area contributed by atoms with E-state index in [1.165, 1.54) is 83.5 Å². The highest BCUT2D eigenvalue weighted by Gasteiger charge is 2.35. The average Bonchev–Trinajstić information content (AvgIpc) is 1.85. The summed E-state index contributed by atoms with van der Waals surface area (Å²) in [7, 11) is -6.49. The smallest absolute Gasteiger partial charge is 0.264 e. The topological polar surface area (TPSA) is 317 Å². The number of aromatic amines is 3. The lowest BCUT2D eigenvalue weighted by Gasteiger charge is -2.21. The molecule has 3 aromatic heterocycles. The van der Waals surface area contributed by atoms with Crippen LogP contribution in [0.3, 0.4) is 0 Å². The van der Waals surface area contributed by atoms with Crippen LogP contribution in [0.1, 0.15) is 45.4 Å². The number of hydrogen-bond donors (Lipinski definition) is 7. The minimum atomic E-state index is -4.00. The van der Waals surface area contributed by atoms with Gasteiger partial charge in [-0.15, -0.1) is 0 Å². The zero-order valence-electron chi connectivity index (χ0n) is 44.8.